The van der Waals surface area contributed by atoms with E-state index >= 15 is 0 Å². The minimum Gasteiger partial charge on any atom is -0.496 e. The summed E-state index contributed by atoms with van der Waals surface area (Å²) in [6, 6.07) is 25.2. The first-order valence-corrected chi connectivity index (χ1v) is 8.48. The fraction of sp³-hybridized carbons (Fsp3) is 0.136. The van der Waals surface area contributed by atoms with Gasteiger partial charge in [-0.3, -0.25) is 4.99 Å². The Labute approximate surface area is 148 Å². The number of nitrogens with one attached hydrogen (secondary N) is 1. The number of amidine groups is 1. The molecule has 25 heavy (non-hydrogen) atoms. The van der Waals surface area contributed by atoms with Gasteiger partial charge in [0, 0.05) is 17.7 Å². The Morgan fingerprint density at radius 1 is 0.760 bits per heavy atom. The maximum atomic E-state index is 5.46. The summed E-state index contributed by atoms with van der Waals surface area (Å²) in [4.78, 5) is 4.46. The van der Waals surface area contributed by atoms with Crippen molar-refractivity contribution in [3.63, 3.8) is 0 Å². The van der Waals surface area contributed by atoms with Gasteiger partial charge in [0.2, 0.25) is 0 Å². The molecule has 3 aromatic carbocycles. The van der Waals surface area contributed by atoms with E-state index in [1.807, 2.05) is 18.2 Å². The third-order valence-corrected chi connectivity index (χ3v) is 4.47. The molecule has 4 rings (SSSR count). The highest BCUT2D eigenvalue weighted by molar-refractivity contribution is 6.00. The quantitative estimate of drug-likeness (QED) is 0.771. The molecule has 3 aromatic rings. The number of hydrogen-bond donors (Lipinski definition) is 1. The summed E-state index contributed by atoms with van der Waals surface area (Å²) in [7, 11) is 1.71. The average Bonchev–Trinajstić information content (AvgIpc) is 3.23. The molecule has 3 nitrogen and oxygen atoms in total. The van der Waals surface area contributed by atoms with Gasteiger partial charge in [0.15, 0.2) is 0 Å². The largest absolute Gasteiger partial charge is 0.496 e. The van der Waals surface area contributed by atoms with Crippen molar-refractivity contribution in [1.82, 2.24) is 5.32 Å². The lowest BCUT2D eigenvalue weighted by molar-refractivity contribution is 0.416. The minimum absolute atomic E-state index is 0.863. The zero-order valence-corrected chi connectivity index (χ0v) is 14.2. The zero-order valence-electron chi connectivity index (χ0n) is 14.2. The van der Waals surface area contributed by atoms with Gasteiger partial charge in [-0.25, -0.2) is 0 Å². The van der Waals surface area contributed by atoms with E-state index in [1.54, 1.807) is 7.11 Å². The second kappa shape index (κ2) is 6.81. The van der Waals surface area contributed by atoms with Crippen molar-refractivity contribution in [3.8, 4) is 28.0 Å². The number of hydrogen-bond acceptors (Lipinski definition) is 3. The highest BCUT2D eigenvalue weighted by Gasteiger charge is 2.08. The molecule has 1 aliphatic heterocycles. The molecule has 1 heterocycles. The van der Waals surface area contributed by atoms with Crippen LogP contribution in [0.3, 0.4) is 0 Å². The first-order chi connectivity index (χ1) is 12.3. The van der Waals surface area contributed by atoms with E-state index in [4.69, 9.17) is 4.74 Å². The normalized spacial score (nSPS) is 13.2. The maximum Gasteiger partial charge on any atom is 0.128 e. The van der Waals surface area contributed by atoms with Gasteiger partial charge in [-0.1, -0.05) is 66.7 Å². The summed E-state index contributed by atoms with van der Waals surface area (Å²) in [5.74, 6) is 1.89. The van der Waals surface area contributed by atoms with Crippen molar-refractivity contribution >= 4 is 5.84 Å². The van der Waals surface area contributed by atoms with E-state index < -0.39 is 0 Å². The van der Waals surface area contributed by atoms with Crippen LogP contribution in [-0.2, 0) is 0 Å². The Kier molecular flexibility index (Phi) is 4.21. The van der Waals surface area contributed by atoms with Gasteiger partial charge in [0.25, 0.3) is 0 Å². The smallest absolute Gasteiger partial charge is 0.128 e. The number of benzene rings is 3. The highest BCUT2D eigenvalue weighted by atomic mass is 16.5. The number of ether oxygens (including phenoxy) is 1. The summed E-state index contributed by atoms with van der Waals surface area (Å²) in [6.07, 6.45) is 0. The summed E-state index contributed by atoms with van der Waals surface area (Å²) in [6.45, 7) is 1.79. The molecule has 0 fully saturated rings. The topological polar surface area (TPSA) is 33.6 Å². The minimum atomic E-state index is 0.863. The molecule has 1 N–H and O–H groups in total. The number of aliphatic imine (C=N–C) groups is 1. The Bertz CT molecular complexity index is 896. The first kappa shape index (κ1) is 15.5. The number of para-hydroxylation sites is 1. The molecule has 0 radical (unpaired) electrons. The van der Waals surface area contributed by atoms with Crippen molar-refractivity contribution < 1.29 is 4.74 Å². The van der Waals surface area contributed by atoms with Crippen LogP contribution in [0.5, 0.6) is 5.75 Å². The van der Waals surface area contributed by atoms with Crippen LogP contribution in [0.4, 0.5) is 0 Å². The standard InChI is InChI=1S/C22H20N2O/c1-25-21-5-3-2-4-20(21)18-10-6-16(7-11-18)17-8-12-19(13-9-17)22-23-14-15-24-22/h2-13H,14-15H2,1H3,(H,23,24). The van der Waals surface area contributed by atoms with Gasteiger partial charge in [-0.05, 0) is 22.8 Å². The van der Waals surface area contributed by atoms with Gasteiger partial charge >= 0.3 is 0 Å². The van der Waals surface area contributed by atoms with Crippen LogP contribution in [0.1, 0.15) is 5.56 Å². The molecule has 124 valence electrons. The third-order valence-electron chi connectivity index (χ3n) is 4.47. The van der Waals surface area contributed by atoms with Gasteiger partial charge in [0.1, 0.15) is 11.6 Å². The van der Waals surface area contributed by atoms with Crippen molar-refractivity contribution in [3.05, 3.63) is 78.4 Å². The molecule has 3 heteroatoms. The molecular weight excluding hydrogens is 308 g/mol. The van der Waals surface area contributed by atoms with E-state index in [2.05, 4.69) is 64.9 Å². The monoisotopic (exact) mass is 328 g/mol. The maximum absolute atomic E-state index is 5.46. The second-order valence-corrected chi connectivity index (χ2v) is 6.01. The Balaban J connectivity index is 1.60. The second-order valence-electron chi connectivity index (χ2n) is 6.01. The summed E-state index contributed by atoms with van der Waals surface area (Å²) < 4.78 is 5.46. The van der Waals surface area contributed by atoms with Crippen molar-refractivity contribution in [2.45, 2.75) is 0 Å². The Morgan fingerprint density at radius 2 is 1.36 bits per heavy atom. The van der Waals surface area contributed by atoms with Crippen LogP contribution < -0.4 is 10.1 Å². The van der Waals surface area contributed by atoms with E-state index in [0.717, 1.165) is 41.4 Å². The van der Waals surface area contributed by atoms with Crippen LogP contribution in [0.2, 0.25) is 0 Å². The van der Waals surface area contributed by atoms with Crippen molar-refractivity contribution in [2.24, 2.45) is 4.99 Å². The molecule has 0 aromatic heterocycles. The third kappa shape index (κ3) is 3.13. The van der Waals surface area contributed by atoms with Gasteiger partial charge in [-0.2, -0.15) is 0 Å². The van der Waals surface area contributed by atoms with Crippen LogP contribution in [0.15, 0.2) is 77.8 Å². The lowest BCUT2D eigenvalue weighted by Gasteiger charge is -2.10. The fourth-order valence-electron chi connectivity index (χ4n) is 3.14. The molecule has 0 amide bonds. The predicted octanol–water partition coefficient (Wildman–Crippen LogP) is 4.38. The number of nitrogens with zero attached hydrogens (tertiary/aromatic N) is 1. The van der Waals surface area contributed by atoms with Gasteiger partial charge < -0.3 is 10.1 Å². The van der Waals surface area contributed by atoms with Crippen molar-refractivity contribution in [2.75, 3.05) is 20.2 Å². The van der Waals surface area contributed by atoms with E-state index in [-0.39, 0.29) is 0 Å². The van der Waals surface area contributed by atoms with Crippen molar-refractivity contribution in [1.29, 1.82) is 0 Å². The first-order valence-electron chi connectivity index (χ1n) is 8.48. The molecule has 0 spiro atoms. The summed E-state index contributed by atoms with van der Waals surface area (Å²) in [5, 5.41) is 3.31. The summed E-state index contributed by atoms with van der Waals surface area (Å²) in [5.41, 5.74) is 5.81. The average molecular weight is 328 g/mol. The summed E-state index contributed by atoms with van der Waals surface area (Å²) >= 11 is 0. The Morgan fingerprint density at radius 3 is 1.96 bits per heavy atom. The number of rotatable bonds is 4. The van der Waals surface area contributed by atoms with E-state index in [9.17, 15) is 0 Å². The van der Waals surface area contributed by atoms with Crippen LogP contribution >= 0.6 is 0 Å². The lowest BCUT2D eigenvalue weighted by atomic mass is 9.99. The molecule has 0 bridgehead atoms. The fourth-order valence-corrected chi connectivity index (χ4v) is 3.14. The molecule has 0 saturated heterocycles. The predicted molar refractivity (Wildman–Crippen MR) is 103 cm³/mol. The molecule has 0 saturated carbocycles. The van der Waals surface area contributed by atoms with Crippen LogP contribution in [0, 0.1) is 0 Å². The molecule has 0 unspecified atom stereocenters. The molecular formula is C22H20N2O. The SMILES string of the molecule is COc1ccccc1-c1ccc(-c2ccc(C3=NCCN3)cc2)cc1. The lowest BCUT2D eigenvalue weighted by Crippen LogP contribution is -2.19. The Hall–Kier alpha value is -3.07. The van der Waals surface area contributed by atoms with Gasteiger partial charge in [-0.15, -0.1) is 0 Å². The highest BCUT2D eigenvalue weighted by Crippen LogP contribution is 2.31. The van der Waals surface area contributed by atoms with E-state index in [0.29, 0.717) is 0 Å². The van der Waals surface area contributed by atoms with Crippen LogP contribution in [-0.4, -0.2) is 26.0 Å². The molecule has 0 aliphatic carbocycles. The number of methoxy groups -OCH3 is 1. The zero-order chi connectivity index (χ0) is 17.1. The van der Waals surface area contributed by atoms with Crippen LogP contribution in [0.25, 0.3) is 22.3 Å². The molecule has 0 atom stereocenters. The van der Waals surface area contributed by atoms with Gasteiger partial charge in [0.05, 0.1) is 13.7 Å². The van der Waals surface area contributed by atoms with E-state index in [1.165, 1.54) is 11.1 Å². The molecule has 1 aliphatic rings.